The second-order valence-electron chi connectivity index (χ2n) is 10.7. The highest BCUT2D eigenvalue weighted by Crippen LogP contribution is 2.34. The molecule has 248 valence electrons. The molecular weight excluding hydrogens is 674 g/mol. The van der Waals surface area contributed by atoms with Crippen LogP contribution < -0.4 is 9.62 Å². The normalized spacial score (nSPS) is 12.3. The van der Waals surface area contributed by atoms with E-state index in [1.165, 1.54) is 30.3 Å². The molecule has 0 fully saturated rings. The van der Waals surface area contributed by atoms with Gasteiger partial charge in [0.25, 0.3) is 10.0 Å². The van der Waals surface area contributed by atoms with Gasteiger partial charge in [-0.05, 0) is 61.9 Å². The topological polar surface area (TPSA) is 86.8 Å². The highest BCUT2D eigenvalue weighted by atomic mass is 35.5. The predicted molar refractivity (Wildman–Crippen MR) is 177 cm³/mol. The van der Waals surface area contributed by atoms with Gasteiger partial charge in [0.05, 0.1) is 16.1 Å². The summed E-state index contributed by atoms with van der Waals surface area (Å²) >= 11 is 13.0. The number of aryl methyl sites for hydroxylation is 1. The van der Waals surface area contributed by atoms with Crippen LogP contribution in [-0.4, -0.2) is 44.3 Å². The summed E-state index contributed by atoms with van der Waals surface area (Å²) in [6.45, 7) is 2.45. The number of halogens is 5. The summed E-state index contributed by atoms with van der Waals surface area (Å²) in [5, 5.41) is 3.13. The number of amides is 2. The molecule has 13 heteroatoms. The molecule has 4 aromatic carbocycles. The van der Waals surface area contributed by atoms with Gasteiger partial charge in [0.2, 0.25) is 11.8 Å². The molecule has 0 heterocycles. The van der Waals surface area contributed by atoms with Crippen LogP contribution in [0.3, 0.4) is 0 Å². The van der Waals surface area contributed by atoms with Crippen LogP contribution in [0, 0.1) is 6.92 Å². The van der Waals surface area contributed by atoms with Crippen molar-refractivity contribution in [3.63, 3.8) is 0 Å². The summed E-state index contributed by atoms with van der Waals surface area (Å²) < 4.78 is 70.1. The molecule has 47 heavy (non-hydrogen) atoms. The molecule has 1 N–H and O–H groups in total. The molecule has 4 aromatic rings. The van der Waals surface area contributed by atoms with Crippen LogP contribution in [0.4, 0.5) is 18.9 Å². The zero-order chi connectivity index (χ0) is 34.4. The number of nitrogens with one attached hydrogen (secondary N) is 1. The Morgan fingerprint density at radius 1 is 0.872 bits per heavy atom. The lowest BCUT2D eigenvalue weighted by Crippen LogP contribution is -2.53. The lowest BCUT2D eigenvalue weighted by atomic mass is 10.0. The maximum absolute atomic E-state index is 14.4. The van der Waals surface area contributed by atoms with E-state index < -0.39 is 46.2 Å². The average molecular weight is 707 g/mol. The average Bonchev–Trinajstić information content (AvgIpc) is 3.03. The minimum Gasteiger partial charge on any atom is -0.355 e. The molecule has 0 radical (unpaired) electrons. The monoisotopic (exact) mass is 705 g/mol. The Morgan fingerprint density at radius 2 is 1.49 bits per heavy atom. The molecule has 0 saturated carbocycles. The molecule has 0 aromatic heterocycles. The van der Waals surface area contributed by atoms with Crippen molar-refractivity contribution in [1.29, 1.82) is 0 Å². The van der Waals surface area contributed by atoms with Crippen LogP contribution in [0.2, 0.25) is 10.0 Å². The van der Waals surface area contributed by atoms with E-state index in [1.54, 1.807) is 62.4 Å². The van der Waals surface area contributed by atoms with Crippen LogP contribution in [0.25, 0.3) is 0 Å². The lowest BCUT2D eigenvalue weighted by molar-refractivity contribution is -0.140. The highest BCUT2D eigenvalue weighted by molar-refractivity contribution is 7.92. The number of carbonyl (C=O) groups excluding carboxylic acids is 2. The van der Waals surface area contributed by atoms with Crippen molar-refractivity contribution in [2.24, 2.45) is 0 Å². The quantitative estimate of drug-likeness (QED) is 0.168. The smallest absolute Gasteiger partial charge is 0.355 e. The van der Waals surface area contributed by atoms with Gasteiger partial charge in [-0.1, -0.05) is 83.4 Å². The standard InChI is InChI=1S/C34H32Cl2F3N3O4S/c1-3-40-33(44)31(19-24-9-5-4-6-10-24)41(21-28-29(35)13-8-14-30(28)36)32(43)22-42(26-12-7-11-25(20-26)34(37,38)39)47(45,46)27-17-15-23(2)16-18-27/h4-18,20,31H,3,19,21-22H2,1-2H3,(H,40,44)/t31-/m1/s1. The number of carbonyl (C=O) groups is 2. The van der Waals surface area contributed by atoms with Crippen LogP contribution in [0.1, 0.15) is 29.2 Å². The first-order valence-electron chi connectivity index (χ1n) is 14.5. The van der Waals surface area contributed by atoms with Crippen molar-refractivity contribution < 1.29 is 31.2 Å². The first-order valence-corrected chi connectivity index (χ1v) is 16.7. The summed E-state index contributed by atoms with van der Waals surface area (Å²) in [5.41, 5.74) is 0.268. The Bertz CT molecular complexity index is 1800. The Balaban J connectivity index is 1.87. The molecule has 0 spiro atoms. The van der Waals surface area contributed by atoms with Crippen molar-refractivity contribution >= 4 is 50.7 Å². The van der Waals surface area contributed by atoms with E-state index in [9.17, 15) is 31.2 Å². The molecule has 0 aliphatic carbocycles. The van der Waals surface area contributed by atoms with E-state index in [2.05, 4.69) is 5.32 Å². The fourth-order valence-electron chi connectivity index (χ4n) is 4.90. The van der Waals surface area contributed by atoms with Gasteiger partial charge in [0.1, 0.15) is 12.6 Å². The number of anilines is 1. The number of likely N-dealkylation sites (N-methyl/N-ethyl adjacent to an activating group) is 1. The first kappa shape index (κ1) is 35.8. The largest absolute Gasteiger partial charge is 0.416 e. The van der Waals surface area contributed by atoms with Crippen molar-refractivity contribution in [2.75, 3.05) is 17.4 Å². The van der Waals surface area contributed by atoms with E-state index in [0.717, 1.165) is 22.6 Å². The number of hydrogen-bond acceptors (Lipinski definition) is 4. The Kier molecular flexibility index (Phi) is 11.6. The summed E-state index contributed by atoms with van der Waals surface area (Å²) in [6, 6.07) is 21.8. The van der Waals surface area contributed by atoms with E-state index in [1.807, 2.05) is 0 Å². The number of sulfonamides is 1. The second-order valence-corrected chi connectivity index (χ2v) is 13.4. The minimum absolute atomic E-state index is 0.0365. The molecule has 2 amide bonds. The third kappa shape index (κ3) is 8.85. The van der Waals surface area contributed by atoms with Crippen molar-refractivity contribution in [3.8, 4) is 0 Å². The summed E-state index contributed by atoms with van der Waals surface area (Å²) in [4.78, 5) is 29.0. The highest BCUT2D eigenvalue weighted by Gasteiger charge is 2.36. The van der Waals surface area contributed by atoms with E-state index in [4.69, 9.17) is 23.2 Å². The van der Waals surface area contributed by atoms with Gasteiger partial charge in [0, 0.05) is 35.1 Å². The molecule has 4 rings (SSSR count). The second kappa shape index (κ2) is 15.2. The third-order valence-electron chi connectivity index (χ3n) is 7.36. The molecule has 0 aliphatic heterocycles. The molecule has 7 nitrogen and oxygen atoms in total. The van der Waals surface area contributed by atoms with Gasteiger partial charge in [0.15, 0.2) is 0 Å². The van der Waals surface area contributed by atoms with E-state index in [-0.39, 0.29) is 40.1 Å². The van der Waals surface area contributed by atoms with Gasteiger partial charge in [-0.3, -0.25) is 13.9 Å². The Morgan fingerprint density at radius 3 is 2.09 bits per heavy atom. The van der Waals surface area contributed by atoms with Crippen LogP contribution in [0.15, 0.2) is 102 Å². The lowest BCUT2D eigenvalue weighted by Gasteiger charge is -2.34. The van der Waals surface area contributed by atoms with Gasteiger partial charge < -0.3 is 10.2 Å². The minimum atomic E-state index is -4.79. The summed E-state index contributed by atoms with van der Waals surface area (Å²) in [7, 11) is -4.60. The van der Waals surface area contributed by atoms with Crippen LogP contribution in [0.5, 0.6) is 0 Å². The van der Waals surface area contributed by atoms with Gasteiger partial charge in [-0.25, -0.2) is 8.42 Å². The summed E-state index contributed by atoms with van der Waals surface area (Å²) in [5.74, 6) is -1.40. The molecule has 0 unspecified atom stereocenters. The fourth-order valence-corrected chi connectivity index (χ4v) is 6.83. The number of hydrogen-bond donors (Lipinski definition) is 1. The van der Waals surface area contributed by atoms with Crippen molar-refractivity contribution in [2.45, 2.75) is 43.9 Å². The number of alkyl halides is 3. The van der Waals surface area contributed by atoms with Crippen molar-refractivity contribution in [1.82, 2.24) is 10.2 Å². The number of nitrogens with zero attached hydrogens (tertiary/aromatic N) is 2. The van der Waals surface area contributed by atoms with E-state index >= 15 is 0 Å². The van der Waals surface area contributed by atoms with Gasteiger partial charge in [-0.15, -0.1) is 0 Å². The zero-order valence-electron chi connectivity index (χ0n) is 25.5. The van der Waals surface area contributed by atoms with Crippen LogP contribution in [-0.2, 0) is 38.8 Å². The maximum atomic E-state index is 14.4. The Hall–Kier alpha value is -4.06. The van der Waals surface area contributed by atoms with Gasteiger partial charge in [-0.2, -0.15) is 13.2 Å². The molecule has 0 bridgehead atoms. The number of rotatable bonds is 12. The molecule has 1 atom stereocenters. The molecule has 0 saturated heterocycles. The molecule has 0 aliphatic rings. The summed E-state index contributed by atoms with van der Waals surface area (Å²) in [6.07, 6.45) is -4.75. The maximum Gasteiger partial charge on any atom is 0.416 e. The fraction of sp³-hybridized carbons (Fsp3) is 0.235. The zero-order valence-corrected chi connectivity index (χ0v) is 27.8. The third-order valence-corrected chi connectivity index (χ3v) is 9.86. The predicted octanol–water partition coefficient (Wildman–Crippen LogP) is 7.29. The SMILES string of the molecule is CCNC(=O)[C@@H](Cc1ccccc1)N(Cc1c(Cl)cccc1Cl)C(=O)CN(c1cccc(C(F)(F)F)c1)S(=O)(=O)c1ccc(C)cc1. The number of benzene rings is 4. The molecular formula is C34H32Cl2F3N3O4S. The van der Waals surface area contributed by atoms with E-state index in [0.29, 0.717) is 21.5 Å². The Labute approximate surface area is 282 Å². The van der Waals surface area contributed by atoms with Crippen LogP contribution >= 0.6 is 23.2 Å². The van der Waals surface area contributed by atoms with Gasteiger partial charge >= 0.3 is 6.18 Å². The first-order chi connectivity index (χ1) is 22.2. The van der Waals surface area contributed by atoms with Crippen molar-refractivity contribution in [3.05, 3.63) is 129 Å².